The van der Waals surface area contributed by atoms with Crippen LogP contribution in [0.2, 0.25) is 0 Å². The van der Waals surface area contributed by atoms with Gasteiger partial charge in [-0.3, -0.25) is 4.79 Å². The summed E-state index contributed by atoms with van der Waals surface area (Å²) in [7, 11) is 0. The number of nitrogens with one attached hydrogen (secondary N) is 1. The molecule has 4 heteroatoms. The van der Waals surface area contributed by atoms with Crippen LogP contribution < -0.4 is 5.32 Å². The average Bonchev–Trinajstić information content (AvgIpc) is 2.82. The number of rotatable bonds is 5. The first-order chi connectivity index (χ1) is 8.74. The number of aromatic nitrogens is 1. The van der Waals surface area contributed by atoms with E-state index in [4.69, 9.17) is 0 Å². The Hall–Kier alpha value is -1.68. The largest absolute Gasteiger partial charge is 0.311 e. The first-order valence-electron chi connectivity index (χ1n) is 5.99. The molecule has 0 spiro atoms. The normalized spacial score (nSPS) is 10.3. The second-order valence-electron chi connectivity index (χ2n) is 4.20. The van der Waals surface area contributed by atoms with Crippen LogP contribution in [-0.2, 0) is 11.2 Å². The van der Waals surface area contributed by atoms with E-state index in [2.05, 4.69) is 21.7 Å². The lowest BCUT2D eigenvalue weighted by molar-refractivity contribution is -0.116. The van der Waals surface area contributed by atoms with Crippen LogP contribution in [0.15, 0.2) is 35.8 Å². The molecule has 0 saturated heterocycles. The average molecular weight is 260 g/mol. The van der Waals surface area contributed by atoms with Crippen LogP contribution in [-0.4, -0.2) is 10.9 Å². The number of anilines is 1. The standard InChI is InChI=1S/C14H16N2OS/c1-11-7-8-15-13(10-11)16-14(17)6-2-4-12-5-3-9-18-12/h3,5,7-10H,2,4,6H2,1H3,(H,15,16,17). The smallest absolute Gasteiger partial charge is 0.225 e. The number of pyridine rings is 1. The maximum absolute atomic E-state index is 11.7. The lowest BCUT2D eigenvalue weighted by Gasteiger charge is -2.04. The molecule has 0 atom stereocenters. The van der Waals surface area contributed by atoms with Crippen LogP contribution in [0.25, 0.3) is 0 Å². The molecular weight excluding hydrogens is 244 g/mol. The summed E-state index contributed by atoms with van der Waals surface area (Å²) in [5, 5.41) is 4.88. The van der Waals surface area contributed by atoms with Gasteiger partial charge in [-0.25, -0.2) is 4.98 Å². The van der Waals surface area contributed by atoms with Gasteiger partial charge in [0.1, 0.15) is 5.82 Å². The van der Waals surface area contributed by atoms with E-state index in [1.807, 2.05) is 25.1 Å². The molecule has 2 aromatic rings. The summed E-state index contributed by atoms with van der Waals surface area (Å²) in [4.78, 5) is 17.1. The third-order valence-electron chi connectivity index (χ3n) is 2.59. The van der Waals surface area contributed by atoms with Crippen molar-refractivity contribution in [1.82, 2.24) is 4.98 Å². The molecule has 18 heavy (non-hydrogen) atoms. The van der Waals surface area contributed by atoms with Crippen LogP contribution in [0.3, 0.4) is 0 Å². The molecule has 0 unspecified atom stereocenters. The molecule has 2 heterocycles. The summed E-state index contributed by atoms with van der Waals surface area (Å²) in [6, 6.07) is 7.92. The quantitative estimate of drug-likeness (QED) is 0.895. The summed E-state index contributed by atoms with van der Waals surface area (Å²) < 4.78 is 0. The van der Waals surface area contributed by atoms with Crippen molar-refractivity contribution in [2.75, 3.05) is 5.32 Å². The highest BCUT2D eigenvalue weighted by Gasteiger charge is 2.03. The van der Waals surface area contributed by atoms with Gasteiger partial charge in [-0.2, -0.15) is 0 Å². The molecule has 2 rings (SSSR count). The molecule has 0 fully saturated rings. The minimum Gasteiger partial charge on any atom is -0.311 e. The predicted molar refractivity (Wildman–Crippen MR) is 74.9 cm³/mol. The van der Waals surface area contributed by atoms with Crippen LogP contribution in [0.5, 0.6) is 0 Å². The molecule has 1 amide bonds. The molecule has 0 aliphatic carbocycles. The number of hydrogen-bond acceptors (Lipinski definition) is 3. The van der Waals surface area contributed by atoms with Crippen molar-refractivity contribution in [1.29, 1.82) is 0 Å². The van der Waals surface area contributed by atoms with Gasteiger partial charge >= 0.3 is 0 Å². The van der Waals surface area contributed by atoms with Gasteiger partial charge in [-0.05, 0) is 48.9 Å². The number of amides is 1. The van der Waals surface area contributed by atoms with Crippen molar-refractivity contribution in [3.63, 3.8) is 0 Å². The van der Waals surface area contributed by atoms with Gasteiger partial charge in [0.15, 0.2) is 0 Å². The van der Waals surface area contributed by atoms with E-state index in [1.165, 1.54) is 4.88 Å². The topological polar surface area (TPSA) is 42.0 Å². The van der Waals surface area contributed by atoms with E-state index >= 15 is 0 Å². The summed E-state index contributed by atoms with van der Waals surface area (Å²) in [5.74, 6) is 0.667. The zero-order chi connectivity index (χ0) is 12.8. The van der Waals surface area contributed by atoms with E-state index in [0.29, 0.717) is 12.2 Å². The predicted octanol–water partition coefficient (Wildman–Crippen LogP) is 3.41. The van der Waals surface area contributed by atoms with E-state index in [0.717, 1.165) is 18.4 Å². The van der Waals surface area contributed by atoms with Gasteiger partial charge in [-0.1, -0.05) is 6.07 Å². The van der Waals surface area contributed by atoms with Crippen molar-refractivity contribution >= 4 is 23.1 Å². The summed E-state index contributed by atoms with van der Waals surface area (Å²) in [6.45, 7) is 1.98. The Labute approximate surface area is 111 Å². The third kappa shape index (κ3) is 3.96. The number of carbonyl (C=O) groups is 1. The number of carbonyl (C=O) groups excluding carboxylic acids is 1. The molecule has 2 aromatic heterocycles. The van der Waals surface area contributed by atoms with Crippen molar-refractivity contribution in [3.05, 3.63) is 46.3 Å². The molecule has 0 radical (unpaired) electrons. The zero-order valence-electron chi connectivity index (χ0n) is 10.3. The van der Waals surface area contributed by atoms with Crippen molar-refractivity contribution in [3.8, 4) is 0 Å². The fourth-order valence-electron chi connectivity index (χ4n) is 1.69. The molecule has 0 bridgehead atoms. The van der Waals surface area contributed by atoms with Gasteiger partial charge in [-0.15, -0.1) is 11.3 Å². The first-order valence-corrected chi connectivity index (χ1v) is 6.87. The van der Waals surface area contributed by atoms with Crippen LogP contribution >= 0.6 is 11.3 Å². The second kappa shape index (κ2) is 6.31. The van der Waals surface area contributed by atoms with E-state index < -0.39 is 0 Å². The van der Waals surface area contributed by atoms with Crippen LogP contribution in [0, 0.1) is 6.92 Å². The fourth-order valence-corrected chi connectivity index (χ4v) is 2.44. The SMILES string of the molecule is Cc1ccnc(NC(=O)CCCc2cccs2)c1. The molecule has 0 saturated carbocycles. The fraction of sp³-hybridized carbons (Fsp3) is 0.286. The zero-order valence-corrected chi connectivity index (χ0v) is 11.2. The molecule has 0 aliphatic rings. The van der Waals surface area contributed by atoms with Crippen molar-refractivity contribution in [2.45, 2.75) is 26.2 Å². The Kier molecular flexibility index (Phi) is 4.47. The van der Waals surface area contributed by atoms with Gasteiger partial charge in [0, 0.05) is 17.5 Å². The number of nitrogens with zero attached hydrogens (tertiary/aromatic N) is 1. The minimum atomic E-state index is 0.0321. The number of thiophene rings is 1. The molecule has 0 aliphatic heterocycles. The van der Waals surface area contributed by atoms with Crippen LogP contribution in [0.1, 0.15) is 23.3 Å². The van der Waals surface area contributed by atoms with Gasteiger partial charge in [0.25, 0.3) is 0 Å². The monoisotopic (exact) mass is 260 g/mol. The Bertz CT molecular complexity index is 508. The second-order valence-corrected chi connectivity index (χ2v) is 5.23. The molecule has 0 aromatic carbocycles. The van der Waals surface area contributed by atoms with Crippen LogP contribution in [0.4, 0.5) is 5.82 Å². The van der Waals surface area contributed by atoms with Gasteiger partial charge < -0.3 is 5.32 Å². The maximum Gasteiger partial charge on any atom is 0.225 e. The van der Waals surface area contributed by atoms with E-state index in [9.17, 15) is 4.79 Å². The minimum absolute atomic E-state index is 0.0321. The molecule has 94 valence electrons. The van der Waals surface area contributed by atoms with Crippen molar-refractivity contribution < 1.29 is 4.79 Å². The lowest BCUT2D eigenvalue weighted by Crippen LogP contribution is -2.12. The van der Waals surface area contributed by atoms with E-state index in [1.54, 1.807) is 17.5 Å². The lowest BCUT2D eigenvalue weighted by atomic mass is 10.2. The van der Waals surface area contributed by atoms with Gasteiger partial charge in [0.2, 0.25) is 5.91 Å². The summed E-state index contributed by atoms with van der Waals surface area (Å²) in [5.41, 5.74) is 1.10. The number of aryl methyl sites for hydroxylation is 2. The summed E-state index contributed by atoms with van der Waals surface area (Å²) >= 11 is 1.74. The number of hydrogen-bond donors (Lipinski definition) is 1. The maximum atomic E-state index is 11.7. The highest BCUT2D eigenvalue weighted by molar-refractivity contribution is 7.09. The summed E-state index contributed by atoms with van der Waals surface area (Å²) in [6.07, 6.45) is 4.08. The Morgan fingerprint density at radius 3 is 3.06 bits per heavy atom. The molecule has 3 nitrogen and oxygen atoms in total. The third-order valence-corrected chi connectivity index (χ3v) is 3.53. The Balaban J connectivity index is 1.75. The Morgan fingerprint density at radius 2 is 2.33 bits per heavy atom. The van der Waals surface area contributed by atoms with E-state index in [-0.39, 0.29) is 5.91 Å². The van der Waals surface area contributed by atoms with Gasteiger partial charge in [0.05, 0.1) is 0 Å². The Morgan fingerprint density at radius 1 is 1.44 bits per heavy atom. The van der Waals surface area contributed by atoms with Crippen molar-refractivity contribution in [2.24, 2.45) is 0 Å². The first kappa shape index (κ1) is 12.8. The molecular formula is C14H16N2OS. The molecule has 1 N–H and O–H groups in total. The highest BCUT2D eigenvalue weighted by atomic mass is 32.1. The highest BCUT2D eigenvalue weighted by Crippen LogP contribution is 2.12.